The van der Waals surface area contributed by atoms with E-state index in [1.54, 1.807) is 0 Å². The molecule has 0 radical (unpaired) electrons. The number of fused-ring (bicyclic) bond motifs is 2. The van der Waals surface area contributed by atoms with Crippen LogP contribution in [0.2, 0.25) is 0 Å². The third kappa shape index (κ3) is 8.20. The van der Waals surface area contributed by atoms with E-state index >= 15 is 0 Å². The van der Waals surface area contributed by atoms with Gasteiger partial charge in [-0.2, -0.15) is 0 Å². The van der Waals surface area contributed by atoms with Crippen molar-refractivity contribution in [1.29, 1.82) is 0 Å². The number of ether oxygens (including phenoxy) is 3. The van der Waals surface area contributed by atoms with Crippen LogP contribution in [0.15, 0.2) is 60.7 Å². The standard InChI is InChI=1S/C44H52N8O7/c1-25(2)37(49-43(55)57-3)41(53)51-19-5-7-35(51)39-45-31-15-13-29(23-33(31)47-39)26-9-11-27(12-10-26)30-14-16-32-34(24-30)48-40(46-32)36-8-6-20-52(36)42(54)38(50-44(56)58-4)28-17-21-59-22-18-28/h9-16,23-25,28,35-38H,5-8,17-22H2,1-4H3,(H,45,47)(H,46,48)(H,49,55)(H,50,56). The van der Waals surface area contributed by atoms with Crippen molar-refractivity contribution in [2.24, 2.45) is 11.8 Å². The molecule has 0 spiro atoms. The molecule has 3 aliphatic rings. The van der Waals surface area contributed by atoms with Crippen molar-refractivity contribution in [2.45, 2.75) is 76.5 Å². The van der Waals surface area contributed by atoms with E-state index in [0.717, 1.165) is 81.7 Å². The fourth-order valence-corrected chi connectivity index (χ4v) is 8.89. The van der Waals surface area contributed by atoms with E-state index in [0.29, 0.717) is 39.1 Å². The first-order valence-corrected chi connectivity index (χ1v) is 20.6. The number of aromatic nitrogens is 4. The Balaban J connectivity index is 0.971. The summed E-state index contributed by atoms with van der Waals surface area (Å²) in [6, 6.07) is 18.9. The number of likely N-dealkylation sites (tertiary alicyclic amines) is 2. The monoisotopic (exact) mass is 804 g/mol. The van der Waals surface area contributed by atoms with Gasteiger partial charge in [-0.05, 0) is 96.9 Å². The summed E-state index contributed by atoms with van der Waals surface area (Å²) in [5, 5.41) is 5.53. The summed E-state index contributed by atoms with van der Waals surface area (Å²) >= 11 is 0. The summed E-state index contributed by atoms with van der Waals surface area (Å²) in [5.74, 6) is 1.08. The average molecular weight is 805 g/mol. The predicted molar refractivity (Wildman–Crippen MR) is 221 cm³/mol. The highest BCUT2D eigenvalue weighted by atomic mass is 16.5. The topological polar surface area (TPSA) is 184 Å². The number of imidazole rings is 2. The molecule has 5 aromatic rings. The Kier molecular flexibility index (Phi) is 11.5. The second-order valence-corrected chi connectivity index (χ2v) is 16.1. The molecule has 0 saturated carbocycles. The van der Waals surface area contributed by atoms with E-state index in [1.807, 2.05) is 35.8 Å². The van der Waals surface area contributed by atoms with Gasteiger partial charge in [0.1, 0.15) is 23.7 Å². The van der Waals surface area contributed by atoms with Crippen LogP contribution in [0.4, 0.5) is 9.59 Å². The van der Waals surface area contributed by atoms with Crippen LogP contribution in [0.25, 0.3) is 44.3 Å². The predicted octanol–water partition coefficient (Wildman–Crippen LogP) is 6.63. The first-order chi connectivity index (χ1) is 28.6. The Morgan fingerprint density at radius 2 is 1.15 bits per heavy atom. The third-order valence-corrected chi connectivity index (χ3v) is 12.1. The van der Waals surface area contributed by atoms with Gasteiger partial charge in [0.2, 0.25) is 11.8 Å². The number of amides is 4. The molecule has 15 heteroatoms. The fourth-order valence-electron chi connectivity index (χ4n) is 8.89. The number of nitrogens with zero attached hydrogens (tertiary/aromatic N) is 4. The van der Waals surface area contributed by atoms with Crippen LogP contribution in [0.3, 0.4) is 0 Å². The number of rotatable bonds is 10. The summed E-state index contributed by atoms with van der Waals surface area (Å²) < 4.78 is 15.2. The lowest BCUT2D eigenvalue weighted by Gasteiger charge is -2.34. The second-order valence-electron chi connectivity index (χ2n) is 16.1. The quantitative estimate of drug-likeness (QED) is 0.120. The van der Waals surface area contributed by atoms with Crippen LogP contribution in [0, 0.1) is 11.8 Å². The maximum absolute atomic E-state index is 14.0. The van der Waals surface area contributed by atoms with Crippen molar-refractivity contribution < 1.29 is 33.4 Å². The fraction of sp³-hybridized carbons (Fsp3) is 0.455. The lowest BCUT2D eigenvalue weighted by molar-refractivity contribution is -0.137. The molecule has 2 aromatic heterocycles. The Morgan fingerprint density at radius 3 is 1.64 bits per heavy atom. The zero-order valence-corrected chi connectivity index (χ0v) is 34.0. The average Bonchev–Trinajstić information content (AvgIpc) is 4.09. The van der Waals surface area contributed by atoms with Crippen LogP contribution in [-0.4, -0.2) is 106 Å². The summed E-state index contributed by atoms with van der Waals surface area (Å²) in [7, 11) is 2.60. The first-order valence-electron chi connectivity index (χ1n) is 20.6. The van der Waals surface area contributed by atoms with Crippen molar-refractivity contribution in [3.63, 3.8) is 0 Å². The van der Waals surface area contributed by atoms with Gasteiger partial charge in [0.25, 0.3) is 0 Å². The van der Waals surface area contributed by atoms with Gasteiger partial charge in [-0.3, -0.25) is 9.59 Å². The maximum atomic E-state index is 14.0. The molecular weight excluding hydrogens is 753 g/mol. The maximum Gasteiger partial charge on any atom is 0.407 e. The molecule has 3 saturated heterocycles. The van der Waals surface area contributed by atoms with Crippen LogP contribution in [-0.2, 0) is 23.8 Å². The van der Waals surface area contributed by atoms with Gasteiger partial charge in [0.15, 0.2) is 0 Å². The highest BCUT2D eigenvalue weighted by Crippen LogP contribution is 2.36. The SMILES string of the molecule is COC(=O)NC(C(=O)N1CCCC1c1nc2ccc(-c3ccc(-c4ccc5nc(C6CCCN6C(=O)C(NC(=O)OC)C6CCOCC6)[nH]c5c4)cc3)cc2[nH]1)C(C)C. The number of carbonyl (C=O) groups excluding carboxylic acids is 4. The van der Waals surface area contributed by atoms with E-state index in [1.165, 1.54) is 14.2 Å². The zero-order chi connectivity index (χ0) is 41.2. The largest absolute Gasteiger partial charge is 0.453 e. The molecule has 3 fully saturated rings. The molecule has 4 atom stereocenters. The molecule has 3 aliphatic heterocycles. The molecule has 15 nitrogen and oxygen atoms in total. The molecule has 310 valence electrons. The van der Waals surface area contributed by atoms with Crippen molar-refractivity contribution in [2.75, 3.05) is 40.5 Å². The number of carbonyl (C=O) groups is 4. The van der Waals surface area contributed by atoms with Crippen molar-refractivity contribution >= 4 is 46.1 Å². The Labute approximate surface area is 342 Å². The minimum absolute atomic E-state index is 0.0306. The van der Waals surface area contributed by atoms with Crippen LogP contribution >= 0.6 is 0 Å². The van der Waals surface area contributed by atoms with Crippen molar-refractivity contribution in [1.82, 2.24) is 40.4 Å². The van der Waals surface area contributed by atoms with E-state index in [9.17, 15) is 19.2 Å². The van der Waals surface area contributed by atoms with Crippen LogP contribution < -0.4 is 10.6 Å². The summed E-state index contributed by atoms with van der Waals surface area (Å²) in [6.07, 6.45) is 3.39. The second kappa shape index (κ2) is 17.1. The van der Waals surface area contributed by atoms with Gasteiger partial charge in [0.05, 0.1) is 48.4 Å². The van der Waals surface area contributed by atoms with Crippen molar-refractivity contribution in [3.8, 4) is 22.3 Å². The van der Waals surface area contributed by atoms with Gasteiger partial charge >= 0.3 is 12.2 Å². The molecular formula is C44H52N8O7. The van der Waals surface area contributed by atoms with Gasteiger partial charge in [0, 0.05) is 26.3 Å². The number of methoxy groups -OCH3 is 2. The molecule has 5 heterocycles. The lowest BCUT2D eigenvalue weighted by atomic mass is 9.90. The summed E-state index contributed by atoms with van der Waals surface area (Å²) in [6.45, 7) is 6.11. The number of alkyl carbamates (subject to hydrolysis) is 2. The van der Waals surface area contributed by atoms with E-state index in [-0.39, 0.29) is 35.7 Å². The molecule has 4 amide bonds. The van der Waals surface area contributed by atoms with Crippen LogP contribution in [0.5, 0.6) is 0 Å². The van der Waals surface area contributed by atoms with Crippen molar-refractivity contribution in [3.05, 3.63) is 72.3 Å². The summed E-state index contributed by atoms with van der Waals surface area (Å²) in [4.78, 5) is 72.5. The Bertz CT molecular complexity index is 2330. The van der Waals surface area contributed by atoms with Gasteiger partial charge in [-0.1, -0.05) is 50.2 Å². The van der Waals surface area contributed by atoms with Crippen LogP contribution in [0.1, 0.15) is 76.1 Å². The molecule has 4 unspecified atom stereocenters. The van der Waals surface area contributed by atoms with E-state index in [4.69, 9.17) is 24.2 Å². The first kappa shape index (κ1) is 39.8. The number of H-pyrrole nitrogens is 2. The summed E-state index contributed by atoms with van der Waals surface area (Å²) in [5.41, 5.74) is 7.58. The molecule has 0 aliphatic carbocycles. The minimum Gasteiger partial charge on any atom is -0.453 e. The molecule has 59 heavy (non-hydrogen) atoms. The lowest BCUT2D eigenvalue weighted by Crippen LogP contribution is -2.53. The Morgan fingerprint density at radius 1 is 0.678 bits per heavy atom. The molecule has 8 rings (SSSR count). The Hall–Kier alpha value is -5.96. The molecule has 3 aromatic carbocycles. The molecule has 4 N–H and O–H groups in total. The number of hydrogen-bond donors (Lipinski definition) is 4. The van der Waals surface area contributed by atoms with Gasteiger partial charge in [-0.25, -0.2) is 19.6 Å². The number of nitrogens with one attached hydrogen (secondary N) is 4. The minimum atomic E-state index is -0.694. The van der Waals surface area contributed by atoms with Gasteiger partial charge < -0.3 is 44.6 Å². The number of aromatic amines is 2. The normalized spacial score (nSPS) is 19.6. The molecule has 0 bridgehead atoms. The van der Waals surface area contributed by atoms with Gasteiger partial charge in [-0.15, -0.1) is 0 Å². The highest BCUT2D eigenvalue weighted by molar-refractivity contribution is 5.88. The number of benzene rings is 3. The zero-order valence-electron chi connectivity index (χ0n) is 34.0. The van der Waals surface area contributed by atoms with E-state index in [2.05, 4.69) is 69.1 Å². The smallest absolute Gasteiger partial charge is 0.407 e. The van der Waals surface area contributed by atoms with E-state index < -0.39 is 24.3 Å². The highest BCUT2D eigenvalue weighted by Gasteiger charge is 2.41. The third-order valence-electron chi connectivity index (χ3n) is 12.1. The number of hydrogen-bond acceptors (Lipinski definition) is 9.